The number of carbonyl (C=O) groups excluding carboxylic acids is 2. The highest BCUT2D eigenvalue weighted by Gasteiger charge is 2.30. The van der Waals surface area contributed by atoms with Gasteiger partial charge in [-0.25, -0.2) is 9.59 Å². The highest BCUT2D eigenvalue weighted by molar-refractivity contribution is 5.82. The molecule has 2 N–H and O–H groups in total. The molecule has 0 saturated heterocycles. The number of carbonyl (C=O) groups is 2. The van der Waals surface area contributed by atoms with Crippen LogP contribution in [-0.4, -0.2) is 34.9 Å². The molecule has 22 heavy (non-hydrogen) atoms. The van der Waals surface area contributed by atoms with Crippen molar-refractivity contribution in [3.63, 3.8) is 0 Å². The molecule has 0 aliphatic rings. The third-order valence-corrected chi connectivity index (χ3v) is 2.63. The average Bonchev–Trinajstić information content (AvgIpc) is 2.41. The van der Waals surface area contributed by atoms with E-state index in [1.54, 1.807) is 20.8 Å². The summed E-state index contributed by atoms with van der Waals surface area (Å²) in [6.07, 6.45) is -1.89. The number of ether oxygens (including phenoxy) is 2. The molecule has 0 saturated carbocycles. The van der Waals surface area contributed by atoms with Gasteiger partial charge >= 0.3 is 12.1 Å². The largest absolute Gasteiger partial charge is 0.458 e. The molecule has 0 radical (unpaired) electrons. The van der Waals surface area contributed by atoms with Crippen LogP contribution in [0.4, 0.5) is 4.79 Å². The van der Waals surface area contributed by atoms with Gasteiger partial charge in [-0.2, -0.15) is 0 Å². The predicted octanol–water partition coefficient (Wildman–Crippen LogP) is 2.00. The minimum atomic E-state index is -1.18. The van der Waals surface area contributed by atoms with Crippen molar-refractivity contribution in [3.8, 4) is 0 Å². The summed E-state index contributed by atoms with van der Waals surface area (Å²) < 4.78 is 10.2. The van der Waals surface area contributed by atoms with Crippen LogP contribution in [0.2, 0.25) is 0 Å². The first kappa shape index (κ1) is 18.0. The van der Waals surface area contributed by atoms with E-state index >= 15 is 0 Å². The Bertz CT molecular complexity index is 493. The molecule has 6 heteroatoms. The molecule has 2 atom stereocenters. The van der Waals surface area contributed by atoms with Crippen molar-refractivity contribution >= 4 is 12.1 Å². The van der Waals surface area contributed by atoms with Crippen molar-refractivity contribution in [1.29, 1.82) is 0 Å². The maximum atomic E-state index is 12.0. The zero-order valence-corrected chi connectivity index (χ0v) is 13.3. The van der Waals surface area contributed by atoms with Gasteiger partial charge in [0.1, 0.15) is 12.2 Å². The molecular formula is C16H23NO5. The second-order valence-electron chi connectivity index (χ2n) is 5.96. The standard InChI is InChI=1S/C16H23NO5/c1-11(18)13(14(19)22-16(2,3)4)17-15(20)21-10-12-8-6-5-7-9-12/h5-9,11,13,18H,10H2,1-4H3,(H,17,20)/t11-,13+/m1/s1. The molecule has 6 nitrogen and oxygen atoms in total. The Kier molecular flexibility index (Phi) is 6.37. The van der Waals surface area contributed by atoms with Gasteiger partial charge in [0.15, 0.2) is 6.04 Å². The number of benzene rings is 1. The van der Waals surface area contributed by atoms with Gasteiger partial charge in [0.2, 0.25) is 0 Å². The fourth-order valence-electron chi connectivity index (χ4n) is 1.63. The Morgan fingerprint density at radius 3 is 2.32 bits per heavy atom. The van der Waals surface area contributed by atoms with E-state index in [1.165, 1.54) is 6.92 Å². The van der Waals surface area contributed by atoms with Gasteiger partial charge < -0.3 is 19.9 Å². The molecule has 0 aromatic heterocycles. The lowest BCUT2D eigenvalue weighted by atomic mass is 10.1. The van der Waals surface area contributed by atoms with Crippen LogP contribution in [0.25, 0.3) is 0 Å². The average molecular weight is 309 g/mol. The molecular weight excluding hydrogens is 286 g/mol. The first-order chi connectivity index (χ1) is 10.2. The Labute approximate surface area is 130 Å². The normalized spacial score (nSPS) is 13.9. The molecule has 0 fully saturated rings. The van der Waals surface area contributed by atoms with Gasteiger partial charge in [-0.15, -0.1) is 0 Å². The molecule has 0 unspecified atom stereocenters. The van der Waals surface area contributed by atoms with Crippen LogP contribution < -0.4 is 5.32 Å². The van der Waals surface area contributed by atoms with Crippen molar-refractivity contribution in [2.75, 3.05) is 0 Å². The zero-order valence-electron chi connectivity index (χ0n) is 13.3. The number of esters is 1. The summed E-state index contributed by atoms with van der Waals surface area (Å²) in [4.78, 5) is 23.7. The second kappa shape index (κ2) is 7.79. The van der Waals surface area contributed by atoms with Crippen molar-refractivity contribution in [2.45, 2.75) is 52.0 Å². The Balaban J connectivity index is 2.55. The summed E-state index contributed by atoms with van der Waals surface area (Å²) in [5.74, 6) is -0.709. The number of hydrogen-bond donors (Lipinski definition) is 2. The number of aliphatic hydroxyl groups excluding tert-OH is 1. The highest BCUT2D eigenvalue weighted by Crippen LogP contribution is 2.10. The minimum Gasteiger partial charge on any atom is -0.458 e. The van der Waals surface area contributed by atoms with E-state index in [9.17, 15) is 14.7 Å². The van der Waals surface area contributed by atoms with E-state index in [2.05, 4.69) is 5.32 Å². The van der Waals surface area contributed by atoms with Gasteiger partial charge in [0.25, 0.3) is 0 Å². The molecule has 0 aliphatic heterocycles. The summed E-state index contributed by atoms with van der Waals surface area (Å²) in [6.45, 7) is 6.59. The van der Waals surface area contributed by atoms with Crippen molar-refractivity contribution in [1.82, 2.24) is 5.32 Å². The van der Waals surface area contributed by atoms with Crippen LogP contribution in [-0.2, 0) is 20.9 Å². The van der Waals surface area contributed by atoms with Gasteiger partial charge in [-0.3, -0.25) is 0 Å². The molecule has 0 aliphatic carbocycles. The number of aliphatic hydroxyl groups is 1. The maximum Gasteiger partial charge on any atom is 0.408 e. The molecule has 1 aromatic rings. The fourth-order valence-corrected chi connectivity index (χ4v) is 1.63. The fraction of sp³-hybridized carbons (Fsp3) is 0.500. The number of alkyl carbamates (subject to hydrolysis) is 1. The first-order valence-corrected chi connectivity index (χ1v) is 7.07. The summed E-state index contributed by atoms with van der Waals surface area (Å²) >= 11 is 0. The van der Waals surface area contributed by atoms with Crippen LogP contribution >= 0.6 is 0 Å². The van der Waals surface area contributed by atoms with Crippen LogP contribution in [0.3, 0.4) is 0 Å². The topological polar surface area (TPSA) is 84.9 Å². The van der Waals surface area contributed by atoms with Crippen molar-refractivity contribution in [2.24, 2.45) is 0 Å². The molecule has 0 heterocycles. The molecule has 1 aromatic carbocycles. The summed E-state index contributed by atoms with van der Waals surface area (Å²) in [6, 6.07) is 7.96. The molecule has 0 spiro atoms. The molecule has 122 valence electrons. The second-order valence-corrected chi connectivity index (χ2v) is 5.96. The Morgan fingerprint density at radius 2 is 1.82 bits per heavy atom. The van der Waals surface area contributed by atoms with Crippen LogP contribution in [0.5, 0.6) is 0 Å². The number of nitrogens with one attached hydrogen (secondary N) is 1. The maximum absolute atomic E-state index is 12.0. The van der Waals surface area contributed by atoms with E-state index in [0.717, 1.165) is 5.56 Å². The van der Waals surface area contributed by atoms with Gasteiger partial charge in [0.05, 0.1) is 6.10 Å². The Hall–Kier alpha value is -2.08. The zero-order chi connectivity index (χ0) is 16.8. The predicted molar refractivity (Wildman–Crippen MR) is 81.1 cm³/mol. The lowest BCUT2D eigenvalue weighted by Crippen LogP contribution is -2.50. The Morgan fingerprint density at radius 1 is 1.23 bits per heavy atom. The number of amides is 1. The SMILES string of the molecule is C[C@@H](O)[C@H](NC(=O)OCc1ccccc1)C(=O)OC(C)(C)C. The van der Waals surface area contributed by atoms with Crippen molar-refractivity contribution in [3.05, 3.63) is 35.9 Å². The van der Waals surface area contributed by atoms with Crippen molar-refractivity contribution < 1.29 is 24.2 Å². The smallest absolute Gasteiger partial charge is 0.408 e. The minimum absolute atomic E-state index is 0.0769. The van der Waals surface area contributed by atoms with E-state index in [1.807, 2.05) is 30.3 Å². The van der Waals surface area contributed by atoms with Gasteiger partial charge in [-0.05, 0) is 33.3 Å². The number of hydrogen-bond acceptors (Lipinski definition) is 5. The molecule has 1 amide bonds. The van der Waals surface area contributed by atoms with E-state index in [-0.39, 0.29) is 6.61 Å². The van der Waals surface area contributed by atoms with E-state index in [0.29, 0.717) is 0 Å². The van der Waals surface area contributed by atoms with Gasteiger partial charge in [-0.1, -0.05) is 30.3 Å². The van der Waals surface area contributed by atoms with Gasteiger partial charge in [0, 0.05) is 0 Å². The van der Waals surface area contributed by atoms with E-state index < -0.39 is 29.8 Å². The molecule has 1 rings (SSSR count). The third kappa shape index (κ3) is 6.58. The lowest BCUT2D eigenvalue weighted by molar-refractivity contribution is -0.160. The van der Waals surface area contributed by atoms with Crippen LogP contribution in [0.15, 0.2) is 30.3 Å². The lowest BCUT2D eigenvalue weighted by Gasteiger charge is -2.25. The monoisotopic (exact) mass is 309 g/mol. The van der Waals surface area contributed by atoms with Crippen LogP contribution in [0, 0.1) is 0 Å². The third-order valence-electron chi connectivity index (χ3n) is 2.63. The summed E-state index contributed by atoms with van der Waals surface area (Å²) in [7, 11) is 0. The number of rotatable bonds is 5. The first-order valence-electron chi connectivity index (χ1n) is 7.07. The van der Waals surface area contributed by atoms with E-state index in [4.69, 9.17) is 9.47 Å². The molecule has 0 bridgehead atoms. The highest BCUT2D eigenvalue weighted by atomic mass is 16.6. The summed E-state index contributed by atoms with van der Waals surface area (Å²) in [5.41, 5.74) is 0.114. The quantitative estimate of drug-likeness (QED) is 0.813. The van der Waals surface area contributed by atoms with Crippen LogP contribution in [0.1, 0.15) is 33.3 Å². The summed E-state index contributed by atoms with van der Waals surface area (Å²) in [5, 5.41) is 12.0.